The van der Waals surface area contributed by atoms with Crippen molar-refractivity contribution in [1.29, 1.82) is 0 Å². The number of benzene rings is 2. The summed E-state index contributed by atoms with van der Waals surface area (Å²) in [5.74, 6) is -0.0401. The number of hydrogen-bond donors (Lipinski definition) is 1. The Hall–Kier alpha value is -2.24. The van der Waals surface area contributed by atoms with E-state index in [2.05, 4.69) is 36.5 Å². The highest BCUT2D eigenvalue weighted by Crippen LogP contribution is 2.24. The summed E-state index contributed by atoms with van der Waals surface area (Å²) in [5, 5.41) is 4.96. The van der Waals surface area contributed by atoms with Crippen LogP contribution in [0, 0.1) is 10.9 Å². The van der Waals surface area contributed by atoms with Crippen molar-refractivity contribution in [3.8, 4) is 11.3 Å². The Morgan fingerprint density at radius 3 is 2.54 bits per heavy atom. The lowest BCUT2D eigenvalue weighted by molar-refractivity contribution is -0.121. The Morgan fingerprint density at radius 1 is 1.12 bits per heavy atom. The van der Waals surface area contributed by atoms with Crippen LogP contribution >= 0.6 is 23.6 Å². The van der Waals surface area contributed by atoms with Gasteiger partial charge in [0.2, 0.25) is 5.91 Å². The zero-order valence-corrected chi connectivity index (χ0v) is 15.0. The SMILES string of the molecule is Cc1ccc(-c2csc(=S)n2CC(=O)NCc2ccccc2)cc1. The first-order chi connectivity index (χ1) is 11.6. The minimum atomic E-state index is -0.0401. The van der Waals surface area contributed by atoms with Crippen LogP contribution in [0.4, 0.5) is 0 Å². The minimum Gasteiger partial charge on any atom is -0.350 e. The van der Waals surface area contributed by atoms with Gasteiger partial charge in [0.05, 0.1) is 5.69 Å². The highest BCUT2D eigenvalue weighted by atomic mass is 32.1. The molecule has 3 rings (SSSR count). The summed E-state index contributed by atoms with van der Waals surface area (Å²) in [4.78, 5) is 12.3. The van der Waals surface area contributed by atoms with Gasteiger partial charge in [-0.25, -0.2) is 0 Å². The van der Waals surface area contributed by atoms with Gasteiger partial charge in [0, 0.05) is 11.9 Å². The average molecular weight is 355 g/mol. The van der Waals surface area contributed by atoms with Gasteiger partial charge in [-0.05, 0) is 30.3 Å². The van der Waals surface area contributed by atoms with E-state index in [0.29, 0.717) is 10.5 Å². The normalized spacial score (nSPS) is 10.5. The number of aryl methyl sites for hydroxylation is 1. The van der Waals surface area contributed by atoms with Gasteiger partial charge in [-0.1, -0.05) is 60.2 Å². The summed E-state index contributed by atoms with van der Waals surface area (Å²) in [6.45, 7) is 2.82. The number of rotatable bonds is 5. The van der Waals surface area contributed by atoms with Crippen LogP contribution in [0.15, 0.2) is 60.0 Å². The van der Waals surface area contributed by atoms with Crippen LogP contribution in [0.5, 0.6) is 0 Å². The number of nitrogens with zero attached hydrogens (tertiary/aromatic N) is 1. The van der Waals surface area contributed by atoms with Crippen LogP contribution in [0.1, 0.15) is 11.1 Å². The molecule has 0 aliphatic rings. The molecule has 2 aromatic carbocycles. The third-order valence-corrected chi connectivity index (χ3v) is 5.04. The molecule has 5 heteroatoms. The topological polar surface area (TPSA) is 34.0 Å². The first kappa shape index (κ1) is 16.6. The maximum absolute atomic E-state index is 12.3. The summed E-state index contributed by atoms with van der Waals surface area (Å²) >= 11 is 6.88. The summed E-state index contributed by atoms with van der Waals surface area (Å²) in [5.41, 5.74) is 4.35. The number of aromatic nitrogens is 1. The highest BCUT2D eigenvalue weighted by Gasteiger charge is 2.11. The van der Waals surface area contributed by atoms with E-state index < -0.39 is 0 Å². The molecular formula is C19H18N2OS2. The first-order valence-corrected chi connectivity index (χ1v) is 8.98. The molecular weight excluding hydrogens is 336 g/mol. The van der Waals surface area contributed by atoms with Crippen molar-refractivity contribution >= 4 is 29.5 Å². The number of carbonyl (C=O) groups excluding carboxylic acids is 1. The number of nitrogens with one attached hydrogen (secondary N) is 1. The second kappa shape index (κ2) is 7.55. The van der Waals surface area contributed by atoms with Crippen LogP contribution in [0.3, 0.4) is 0 Å². The fraction of sp³-hybridized carbons (Fsp3) is 0.158. The van der Waals surface area contributed by atoms with Crippen molar-refractivity contribution < 1.29 is 4.79 Å². The average Bonchev–Trinajstić information content (AvgIpc) is 2.95. The van der Waals surface area contributed by atoms with E-state index in [1.165, 1.54) is 16.9 Å². The maximum atomic E-state index is 12.3. The second-order valence-electron chi connectivity index (χ2n) is 5.60. The van der Waals surface area contributed by atoms with E-state index in [-0.39, 0.29) is 12.5 Å². The molecule has 1 heterocycles. The third kappa shape index (κ3) is 3.99. The number of carbonyl (C=O) groups is 1. The van der Waals surface area contributed by atoms with Gasteiger partial charge < -0.3 is 9.88 Å². The van der Waals surface area contributed by atoms with Crippen LogP contribution < -0.4 is 5.32 Å². The Kier molecular flexibility index (Phi) is 5.23. The second-order valence-corrected chi connectivity index (χ2v) is 7.10. The third-order valence-electron chi connectivity index (χ3n) is 3.76. The fourth-order valence-corrected chi connectivity index (χ4v) is 3.50. The molecule has 0 bridgehead atoms. The summed E-state index contributed by atoms with van der Waals surface area (Å²) in [6.07, 6.45) is 0. The van der Waals surface area contributed by atoms with Gasteiger partial charge in [-0.3, -0.25) is 4.79 Å². The molecule has 0 spiro atoms. The molecule has 122 valence electrons. The van der Waals surface area contributed by atoms with Gasteiger partial charge in [-0.2, -0.15) is 0 Å². The summed E-state index contributed by atoms with van der Waals surface area (Å²) in [7, 11) is 0. The van der Waals surface area contributed by atoms with Crippen molar-refractivity contribution in [2.45, 2.75) is 20.0 Å². The van der Waals surface area contributed by atoms with E-state index in [0.717, 1.165) is 16.8 Å². The molecule has 0 radical (unpaired) electrons. The molecule has 1 N–H and O–H groups in total. The van der Waals surface area contributed by atoms with Crippen molar-refractivity contribution in [3.63, 3.8) is 0 Å². The summed E-state index contributed by atoms with van der Waals surface area (Å²) in [6, 6.07) is 18.1. The highest BCUT2D eigenvalue weighted by molar-refractivity contribution is 7.73. The number of hydrogen-bond acceptors (Lipinski definition) is 3. The van der Waals surface area contributed by atoms with Crippen LogP contribution in [-0.4, -0.2) is 10.5 Å². The number of amides is 1. The Bertz CT molecular complexity index is 880. The van der Waals surface area contributed by atoms with Crippen molar-refractivity contribution in [3.05, 3.63) is 75.1 Å². The molecule has 0 saturated heterocycles. The molecule has 1 amide bonds. The largest absolute Gasteiger partial charge is 0.350 e. The molecule has 3 nitrogen and oxygen atoms in total. The Balaban J connectivity index is 1.73. The van der Waals surface area contributed by atoms with Crippen LogP contribution in [0.25, 0.3) is 11.3 Å². The smallest absolute Gasteiger partial charge is 0.240 e. The van der Waals surface area contributed by atoms with E-state index >= 15 is 0 Å². The fourth-order valence-electron chi connectivity index (χ4n) is 2.43. The molecule has 1 aromatic heterocycles. The molecule has 24 heavy (non-hydrogen) atoms. The van der Waals surface area contributed by atoms with Gasteiger partial charge in [-0.15, -0.1) is 11.3 Å². The monoisotopic (exact) mass is 354 g/mol. The molecule has 0 aliphatic heterocycles. The van der Waals surface area contributed by atoms with Gasteiger partial charge >= 0.3 is 0 Å². The molecule has 0 fully saturated rings. The lowest BCUT2D eigenvalue weighted by Crippen LogP contribution is -2.27. The van der Waals surface area contributed by atoms with E-state index in [9.17, 15) is 4.79 Å². The Morgan fingerprint density at radius 2 is 1.83 bits per heavy atom. The molecule has 3 aromatic rings. The van der Waals surface area contributed by atoms with E-state index in [1.807, 2.05) is 40.3 Å². The predicted octanol–water partition coefficient (Wildman–Crippen LogP) is 4.57. The lowest BCUT2D eigenvalue weighted by Gasteiger charge is -2.10. The number of thiazole rings is 1. The van der Waals surface area contributed by atoms with E-state index in [4.69, 9.17) is 12.2 Å². The maximum Gasteiger partial charge on any atom is 0.240 e. The summed E-state index contributed by atoms with van der Waals surface area (Å²) < 4.78 is 2.60. The Labute approximate surface area is 150 Å². The zero-order valence-electron chi connectivity index (χ0n) is 13.4. The van der Waals surface area contributed by atoms with E-state index in [1.54, 1.807) is 0 Å². The van der Waals surface area contributed by atoms with Crippen molar-refractivity contribution in [1.82, 2.24) is 9.88 Å². The molecule has 0 aliphatic carbocycles. The zero-order chi connectivity index (χ0) is 16.9. The lowest BCUT2D eigenvalue weighted by atomic mass is 10.1. The van der Waals surface area contributed by atoms with Crippen molar-refractivity contribution in [2.75, 3.05) is 0 Å². The quantitative estimate of drug-likeness (QED) is 0.681. The predicted molar refractivity (Wildman–Crippen MR) is 102 cm³/mol. The van der Waals surface area contributed by atoms with Gasteiger partial charge in [0.15, 0.2) is 3.95 Å². The van der Waals surface area contributed by atoms with Gasteiger partial charge in [0.25, 0.3) is 0 Å². The molecule has 0 unspecified atom stereocenters. The van der Waals surface area contributed by atoms with Gasteiger partial charge in [0.1, 0.15) is 6.54 Å². The van der Waals surface area contributed by atoms with Crippen LogP contribution in [0.2, 0.25) is 0 Å². The minimum absolute atomic E-state index is 0.0401. The van der Waals surface area contributed by atoms with Crippen LogP contribution in [-0.2, 0) is 17.9 Å². The standard InChI is InChI=1S/C19H18N2OS2/c1-14-7-9-16(10-8-14)17-13-24-19(23)21(17)12-18(22)20-11-15-5-3-2-4-6-15/h2-10,13H,11-12H2,1H3,(H,20,22). The molecule has 0 atom stereocenters. The van der Waals surface area contributed by atoms with Crippen molar-refractivity contribution in [2.24, 2.45) is 0 Å². The molecule has 0 saturated carbocycles. The first-order valence-electron chi connectivity index (χ1n) is 7.69.